The Morgan fingerprint density at radius 2 is 0.828 bits per heavy atom. The molecule has 2 heterocycles. The fraction of sp³-hybridized carbons (Fsp3) is 0.556. The molecule has 4 nitrogen and oxygen atoms in total. The SMILES string of the molecule is CC(C)=CCCC(C)=CCCC(C)=CCC[C@]1(C)CCc2cc(OOc3cc(C)c4c(c3)CC[C@@](C)(CCC=C(C)CCC=C(C)CCC=C(C)C)O4)cc(C)c2O1. The summed E-state index contributed by atoms with van der Waals surface area (Å²) in [7, 11) is 0. The number of ether oxygens (including phenoxy) is 2. The van der Waals surface area contributed by atoms with Crippen molar-refractivity contribution in [2.45, 2.75) is 197 Å². The Kier molecular flexibility index (Phi) is 18.1. The molecule has 2 aliphatic rings. The molecule has 318 valence electrons. The highest BCUT2D eigenvalue weighted by atomic mass is 17.2. The van der Waals surface area contributed by atoms with Gasteiger partial charge in [-0.3, -0.25) is 9.78 Å². The lowest BCUT2D eigenvalue weighted by Gasteiger charge is -2.37. The zero-order valence-electron chi connectivity index (χ0n) is 38.7. The molecule has 0 saturated carbocycles. The Morgan fingerprint density at radius 1 is 0.500 bits per heavy atom. The molecule has 0 N–H and O–H groups in total. The molecule has 4 heteroatoms. The van der Waals surface area contributed by atoms with Crippen molar-refractivity contribution >= 4 is 0 Å². The lowest BCUT2D eigenvalue weighted by Crippen LogP contribution is -2.36. The summed E-state index contributed by atoms with van der Waals surface area (Å²) in [5.41, 5.74) is 12.9. The van der Waals surface area contributed by atoms with E-state index in [9.17, 15) is 0 Å². The van der Waals surface area contributed by atoms with E-state index < -0.39 is 0 Å². The molecular formula is C54H78O4. The Balaban J connectivity index is 1.24. The quantitative estimate of drug-likeness (QED) is 0.0717. The smallest absolute Gasteiger partial charge is 0.179 e. The highest BCUT2D eigenvalue weighted by Gasteiger charge is 2.33. The maximum atomic E-state index is 6.73. The second-order valence-electron chi connectivity index (χ2n) is 18.7. The van der Waals surface area contributed by atoms with Crippen molar-refractivity contribution in [2.24, 2.45) is 0 Å². The van der Waals surface area contributed by atoms with Gasteiger partial charge < -0.3 is 9.47 Å². The molecule has 2 atom stereocenters. The Bertz CT molecular complexity index is 1720. The molecule has 0 saturated heterocycles. The maximum Gasteiger partial charge on any atom is 0.179 e. The van der Waals surface area contributed by atoms with E-state index in [1.807, 2.05) is 12.1 Å². The first-order valence-electron chi connectivity index (χ1n) is 22.4. The highest BCUT2D eigenvalue weighted by Crippen LogP contribution is 2.42. The average molecular weight is 791 g/mol. The fourth-order valence-corrected chi connectivity index (χ4v) is 8.15. The van der Waals surface area contributed by atoms with E-state index in [1.54, 1.807) is 0 Å². The van der Waals surface area contributed by atoms with Gasteiger partial charge in [-0.15, -0.1) is 0 Å². The van der Waals surface area contributed by atoms with Gasteiger partial charge in [0, 0.05) is 0 Å². The number of hydrogen-bond acceptors (Lipinski definition) is 4. The summed E-state index contributed by atoms with van der Waals surface area (Å²) in [6.07, 6.45) is 31.4. The van der Waals surface area contributed by atoms with Crippen LogP contribution >= 0.6 is 0 Å². The van der Waals surface area contributed by atoms with Gasteiger partial charge in [-0.2, -0.15) is 0 Å². The Labute approximate surface area is 354 Å². The summed E-state index contributed by atoms with van der Waals surface area (Å²) in [6, 6.07) is 8.24. The van der Waals surface area contributed by atoms with Gasteiger partial charge in [0.25, 0.3) is 0 Å². The van der Waals surface area contributed by atoms with Crippen LogP contribution in [0.4, 0.5) is 0 Å². The van der Waals surface area contributed by atoms with E-state index in [4.69, 9.17) is 19.2 Å². The monoisotopic (exact) mass is 791 g/mol. The summed E-state index contributed by atoms with van der Waals surface area (Å²) >= 11 is 0. The molecule has 2 aromatic carbocycles. The third-order valence-electron chi connectivity index (χ3n) is 12.0. The van der Waals surface area contributed by atoms with Crippen molar-refractivity contribution in [1.82, 2.24) is 0 Å². The second-order valence-corrected chi connectivity index (χ2v) is 18.7. The van der Waals surface area contributed by atoms with Gasteiger partial charge in [0.2, 0.25) is 0 Å². The van der Waals surface area contributed by atoms with Crippen molar-refractivity contribution < 1.29 is 19.2 Å². The molecule has 0 radical (unpaired) electrons. The molecule has 0 fully saturated rings. The average Bonchev–Trinajstić information content (AvgIpc) is 3.14. The van der Waals surface area contributed by atoms with E-state index in [-0.39, 0.29) is 11.2 Å². The topological polar surface area (TPSA) is 36.9 Å². The van der Waals surface area contributed by atoms with Crippen LogP contribution in [-0.4, -0.2) is 11.2 Å². The van der Waals surface area contributed by atoms with Crippen LogP contribution < -0.4 is 19.2 Å². The third kappa shape index (κ3) is 15.7. The van der Waals surface area contributed by atoms with Crippen molar-refractivity contribution in [3.05, 3.63) is 116 Å². The van der Waals surface area contributed by atoms with Gasteiger partial charge in [-0.25, -0.2) is 0 Å². The largest absolute Gasteiger partial charge is 0.487 e. The number of fused-ring (bicyclic) bond motifs is 2. The number of benzene rings is 2. The van der Waals surface area contributed by atoms with Crippen LogP contribution in [0.15, 0.2) is 94.2 Å². The molecular weight excluding hydrogens is 713 g/mol. The minimum Gasteiger partial charge on any atom is -0.487 e. The molecule has 0 aliphatic carbocycles. The summed E-state index contributed by atoms with van der Waals surface area (Å²) in [4.78, 5) is 11.9. The normalized spacial score (nSPS) is 19.7. The predicted molar refractivity (Wildman–Crippen MR) is 248 cm³/mol. The van der Waals surface area contributed by atoms with Crippen LogP contribution in [0.3, 0.4) is 0 Å². The maximum absolute atomic E-state index is 6.73. The first-order chi connectivity index (χ1) is 27.5. The lowest BCUT2D eigenvalue weighted by atomic mass is 9.87. The molecule has 4 rings (SSSR count). The van der Waals surface area contributed by atoms with E-state index in [0.717, 1.165) is 125 Å². The van der Waals surface area contributed by atoms with Crippen LogP contribution in [0.2, 0.25) is 0 Å². The minimum absolute atomic E-state index is 0.175. The van der Waals surface area contributed by atoms with Gasteiger partial charge in [0.15, 0.2) is 11.5 Å². The van der Waals surface area contributed by atoms with Crippen molar-refractivity contribution in [2.75, 3.05) is 0 Å². The zero-order valence-corrected chi connectivity index (χ0v) is 38.7. The Morgan fingerprint density at radius 3 is 1.17 bits per heavy atom. The van der Waals surface area contributed by atoms with Crippen molar-refractivity contribution in [1.29, 1.82) is 0 Å². The van der Waals surface area contributed by atoms with Gasteiger partial charge in [0.05, 0.1) is 0 Å². The summed E-state index contributed by atoms with van der Waals surface area (Å²) < 4.78 is 13.5. The van der Waals surface area contributed by atoms with Gasteiger partial charge in [0.1, 0.15) is 22.7 Å². The predicted octanol–water partition coefficient (Wildman–Crippen LogP) is 16.2. The van der Waals surface area contributed by atoms with Crippen LogP contribution in [0, 0.1) is 13.8 Å². The van der Waals surface area contributed by atoms with Gasteiger partial charge in [-0.05, 0) is 232 Å². The summed E-state index contributed by atoms with van der Waals surface area (Å²) in [5, 5.41) is 0. The summed E-state index contributed by atoms with van der Waals surface area (Å²) in [5.74, 6) is 3.41. The summed E-state index contributed by atoms with van der Waals surface area (Å²) in [6.45, 7) is 26.5. The van der Waals surface area contributed by atoms with Crippen LogP contribution in [0.5, 0.6) is 23.0 Å². The van der Waals surface area contributed by atoms with E-state index in [0.29, 0.717) is 11.5 Å². The molecule has 0 unspecified atom stereocenters. The highest BCUT2D eigenvalue weighted by molar-refractivity contribution is 5.50. The van der Waals surface area contributed by atoms with Gasteiger partial charge in [-0.1, -0.05) is 69.9 Å². The van der Waals surface area contributed by atoms with E-state index >= 15 is 0 Å². The molecule has 0 amide bonds. The van der Waals surface area contributed by atoms with Crippen LogP contribution in [-0.2, 0) is 12.8 Å². The molecule has 0 aromatic heterocycles. The first-order valence-corrected chi connectivity index (χ1v) is 22.4. The number of rotatable bonds is 21. The second kappa shape index (κ2) is 22.5. The number of allylic oxidation sites excluding steroid dienone is 12. The molecule has 2 aromatic rings. The van der Waals surface area contributed by atoms with E-state index in [2.05, 4.69) is 132 Å². The Hall–Kier alpha value is -3.92. The standard InChI is InChI=1S/C54H78O4/c1-39(2)19-13-21-41(5)23-15-25-43(7)27-17-31-53(11)33-29-47-37-49(35-45(9)51(47)55-53)57-58-50-36-46(10)52-48(38-50)30-34-54(12,56-52)32-18-28-44(8)26-16-24-42(6)22-14-20-40(3)4/h19-20,23-24,27-28,35-38H,13-18,21-22,25-26,29-34H2,1-12H3/t53-,54-/m1/s1. The number of aryl methyl sites for hydroxylation is 4. The number of hydrogen-bond donors (Lipinski definition) is 0. The van der Waals surface area contributed by atoms with Crippen molar-refractivity contribution in [3.8, 4) is 23.0 Å². The van der Waals surface area contributed by atoms with Crippen molar-refractivity contribution in [3.63, 3.8) is 0 Å². The molecule has 0 bridgehead atoms. The van der Waals surface area contributed by atoms with Crippen LogP contribution in [0.25, 0.3) is 0 Å². The minimum atomic E-state index is -0.175. The first kappa shape index (κ1) is 46.8. The van der Waals surface area contributed by atoms with Crippen LogP contribution in [0.1, 0.15) is 181 Å². The van der Waals surface area contributed by atoms with E-state index in [1.165, 1.54) is 44.6 Å². The van der Waals surface area contributed by atoms with Gasteiger partial charge >= 0.3 is 0 Å². The molecule has 2 aliphatic heterocycles. The zero-order chi connectivity index (χ0) is 42.3. The molecule has 58 heavy (non-hydrogen) atoms. The lowest BCUT2D eigenvalue weighted by molar-refractivity contribution is -0.100. The third-order valence-corrected chi connectivity index (χ3v) is 12.0. The fourth-order valence-electron chi connectivity index (χ4n) is 8.15. The molecule has 0 spiro atoms.